The minimum absolute atomic E-state index is 0.0118. The summed E-state index contributed by atoms with van der Waals surface area (Å²) in [7, 11) is 0. The average Bonchev–Trinajstić information content (AvgIpc) is 2.70. The predicted molar refractivity (Wildman–Crippen MR) is 62.1 cm³/mol. The summed E-state index contributed by atoms with van der Waals surface area (Å²) in [5, 5.41) is 11.4. The number of carbonyl (C=O) groups excluding carboxylic acids is 1. The van der Waals surface area contributed by atoms with E-state index in [0.717, 1.165) is 12.8 Å². The van der Waals surface area contributed by atoms with Crippen molar-refractivity contribution in [1.29, 1.82) is 0 Å². The molecule has 2 N–H and O–H groups in total. The Balaban J connectivity index is 2.60. The van der Waals surface area contributed by atoms with Gasteiger partial charge in [-0.15, -0.1) is 0 Å². The van der Waals surface area contributed by atoms with Crippen LogP contribution in [0.3, 0.4) is 0 Å². The number of amides is 1. The van der Waals surface area contributed by atoms with Gasteiger partial charge in [-0.2, -0.15) is 0 Å². The van der Waals surface area contributed by atoms with Crippen LogP contribution in [-0.4, -0.2) is 23.0 Å². The van der Waals surface area contributed by atoms with Crippen LogP contribution in [0.5, 0.6) is 0 Å². The van der Waals surface area contributed by atoms with Crippen LogP contribution in [0.15, 0.2) is 16.5 Å². The van der Waals surface area contributed by atoms with E-state index in [1.807, 2.05) is 6.92 Å². The normalized spacial score (nSPS) is 12.1. The highest BCUT2D eigenvalue weighted by molar-refractivity contribution is 6.29. The maximum Gasteiger partial charge on any atom is 0.326 e. The van der Waals surface area contributed by atoms with Crippen molar-refractivity contribution in [1.82, 2.24) is 5.32 Å². The largest absolute Gasteiger partial charge is 0.480 e. The van der Waals surface area contributed by atoms with Crippen LogP contribution >= 0.6 is 11.6 Å². The third kappa shape index (κ3) is 4.11. The molecule has 1 aromatic heterocycles. The van der Waals surface area contributed by atoms with Crippen LogP contribution in [0.2, 0.25) is 5.22 Å². The number of carbonyl (C=O) groups is 2. The Labute approximate surface area is 104 Å². The number of hydrogen-bond donors (Lipinski definition) is 2. The number of carboxylic acid groups (broad SMARTS) is 1. The number of hydrogen-bond acceptors (Lipinski definition) is 3. The molecule has 1 unspecified atom stereocenters. The second kappa shape index (κ2) is 6.30. The first kappa shape index (κ1) is 13.6. The van der Waals surface area contributed by atoms with Crippen molar-refractivity contribution in [2.24, 2.45) is 0 Å². The molecule has 1 heterocycles. The molecule has 0 spiro atoms. The molecule has 6 heteroatoms. The van der Waals surface area contributed by atoms with Gasteiger partial charge in [-0.3, -0.25) is 4.79 Å². The van der Waals surface area contributed by atoms with Crippen molar-refractivity contribution in [3.63, 3.8) is 0 Å². The van der Waals surface area contributed by atoms with Gasteiger partial charge in [0.25, 0.3) is 5.91 Å². The van der Waals surface area contributed by atoms with Crippen molar-refractivity contribution in [2.45, 2.75) is 32.2 Å². The molecule has 0 fully saturated rings. The first-order valence-corrected chi connectivity index (χ1v) is 5.71. The molecule has 0 aliphatic carbocycles. The molecule has 1 rings (SSSR count). The number of unbranched alkanes of at least 4 members (excludes halogenated alkanes) is 1. The second-order valence-electron chi connectivity index (χ2n) is 3.61. The molecule has 0 radical (unpaired) electrons. The Morgan fingerprint density at radius 1 is 1.53 bits per heavy atom. The fourth-order valence-electron chi connectivity index (χ4n) is 1.33. The maximum atomic E-state index is 11.6. The molecular formula is C11H14ClNO4. The smallest absolute Gasteiger partial charge is 0.326 e. The minimum Gasteiger partial charge on any atom is -0.480 e. The van der Waals surface area contributed by atoms with E-state index in [0.29, 0.717) is 6.42 Å². The monoisotopic (exact) mass is 259 g/mol. The van der Waals surface area contributed by atoms with Crippen LogP contribution in [0, 0.1) is 0 Å². The lowest BCUT2D eigenvalue weighted by molar-refractivity contribution is -0.139. The van der Waals surface area contributed by atoms with Gasteiger partial charge in [-0.1, -0.05) is 19.8 Å². The standard InChI is InChI=1S/C11H14ClNO4/c1-2-3-4-7(11(15)16)13-10(14)8-5-6-9(12)17-8/h5-7H,2-4H2,1H3,(H,13,14)(H,15,16). The van der Waals surface area contributed by atoms with Crippen LogP contribution in [0.25, 0.3) is 0 Å². The van der Waals surface area contributed by atoms with Gasteiger partial charge < -0.3 is 14.8 Å². The first-order valence-electron chi connectivity index (χ1n) is 5.33. The highest BCUT2D eigenvalue weighted by Crippen LogP contribution is 2.13. The van der Waals surface area contributed by atoms with Crippen LogP contribution in [-0.2, 0) is 4.79 Å². The highest BCUT2D eigenvalue weighted by Gasteiger charge is 2.21. The molecule has 1 atom stereocenters. The van der Waals surface area contributed by atoms with Crippen molar-refractivity contribution >= 4 is 23.5 Å². The van der Waals surface area contributed by atoms with Gasteiger partial charge in [0.15, 0.2) is 11.0 Å². The molecule has 0 aliphatic heterocycles. The van der Waals surface area contributed by atoms with Crippen LogP contribution in [0.4, 0.5) is 0 Å². The van der Waals surface area contributed by atoms with Crippen molar-refractivity contribution < 1.29 is 19.1 Å². The van der Waals surface area contributed by atoms with Gasteiger partial charge in [0.2, 0.25) is 0 Å². The number of halogens is 1. The van der Waals surface area contributed by atoms with Gasteiger partial charge in [0.1, 0.15) is 6.04 Å². The van der Waals surface area contributed by atoms with E-state index in [4.69, 9.17) is 21.1 Å². The summed E-state index contributed by atoms with van der Waals surface area (Å²) in [4.78, 5) is 22.5. The third-order valence-electron chi connectivity index (χ3n) is 2.25. The lowest BCUT2D eigenvalue weighted by Gasteiger charge is -2.12. The summed E-state index contributed by atoms with van der Waals surface area (Å²) >= 11 is 5.52. The van der Waals surface area contributed by atoms with Crippen molar-refractivity contribution in [2.75, 3.05) is 0 Å². The maximum absolute atomic E-state index is 11.6. The van der Waals surface area contributed by atoms with E-state index >= 15 is 0 Å². The van der Waals surface area contributed by atoms with Gasteiger partial charge in [-0.05, 0) is 30.2 Å². The molecule has 17 heavy (non-hydrogen) atoms. The summed E-state index contributed by atoms with van der Waals surface area (Å²) in [6.07, 6.45) is 1.99. The van der Waals surface area contributed by atoms with E-state index in [1.165, 1.54) is 12.1 Å². The molecule has 0 aromatic carbocycles. The number of rotatable bonds is 6. The summed E-state index contributed by atoms with van der Waals surface area (Å²) < 4.78 is 4.89. The van der Waals surface area contributed by atoms with Crippen molar-refractivity contribution in [3.05, 3.63) is 23.1 Å². The Hall–Kier alpha value is -1.49. The summed E-state index contributed by atoms with van der Waals surface area (Å²) in [5.74, 6) is -1.61. The number of carboxylic acids is 1. The predicted octanol–water partition coefficient (Wildman–Crippen LogP) is 2.31. The molecule has 5 nitrogen and oxygen atoms in total. The molecule has 0 aliphatic rings. The Morgan fingerprint density at radius 3 is 2.71 bits per heavy atom. The molecule has 94 valence electrons. The second-order valence-corrected chi connectivity index (χ2v) is 3.98. The fraction of sp³-hybridized carbons (Fsp3) is 0.455. The SMILES string of the molecule is CCCCC(NC(=O)c1ccc(Cl)o1)C(=O)O. The van der Waals surface area contributed by atoms with Crippen LogP contribution < -0.4 is 5.32 Å². The first-order chi connectivity index (χ1) is 8.04. The Bertz CT molecular complexity index is 402. The molecule has 1 amide bonds. The zero-order valence-electron chi connectivity index (χ0n) is 9.40. The van der Waals surface area contributed by atoms with Gasteiger partial charge in [-0.25, -0.2) is 4.79 Å². The fourth-order valence-corrected chi connectivity index (χ4v) is 1.48. The van der Waals surface area contributed by atoms with Gasteiger partial charge >= 0.3 is 5.97 Å². The number of furan rings is 1. The summed E-state index contributed by atoms with van der Waals surface area (Å²) in [5.41, 5.74) is 0. The van der Waals surface area contributed by atoms with E-state index in [9.17, 15) is 9.59 Å². The highest BCUT2D eigenvalue weighted by atomic mass is 35.5. The molecule has 0 bridgehead atoms. The van der Waals surface area contributed by atoms with E-state index in [1.54, 1.807) is 0 Å². The number of nitrogens with one attached hydrogen (secondary N) is 1. The zero-order valence-corrected chi connectivity index (χ0v) is 10.2. The molecule has 1 aromatic rings. The summed E-state index contributed by atoms with van der Waals surface area (Å²) in [6.45, 7) is 1.95. The molecule has 0 saturated carbocycles. The minimum atomic E-state index is -1.05. The zero-order chi connectivity index (χ0) is 12.8. The Kier molecular flexibility index (Phi) is 5.03. The van der Waals surface area contributed by atoms with E-state index < -0.39 is 17.9 Å². The lowest BCUT2D eigenvalue weighted by Crippen LogP contribution is -2.40. The van der Waals surface area contributed by atoms with Crippen molar-refractivity contribution in [3.8, 4) is 0 Å². The van der Waals surface area contributed by atoms with Gasteiger partial charge in [0, 0.05) is 0 Å². The van der Waals surface area contributed by atoms with E-state index in [-0.39, 0.29) is 11.0 Å². The molecular weight excluding hydrogens is 246 g/mol. The topological polar surface area (TPSA) is 79.5 Å². The lowest BCUT2D eigenvalue weighted by atomic mass is 10.1. The quantitative estimate of drug-likeness (QED) is 0.822. The summed E-state index contributed by atoms with van der Waals surface area (Å²) in [6, 6.07) is 1.93. The number of aliphatic carboxylic acids is 1. The average molecular weight is 260 g/mol. The third-order valence-corrected chi connectivity index (χ3v) is 2.45. The Morgan fingerprint density at radius 2 is 2.24 bits per heavy atom. The van der Waals surface area contributed by atoms with Crippen LogP contribution in [0.1, 0.15) is 36.7 Å². The van der Waals surface area contributed by atoms with E-state index in [2.05, 4.69) is 5.32 Å². The van der Waals surface area contributed by atoms with Gasteiger partial charge in [0.05, 0.1) is 0 Å². The molecule has 0 saturated heterocycles.